The van der Waals surface area contributed by atoms with Gasteiger partial charge in [-0.2, -0.15) is 0 Å². The first-order chi connectivity index (χ1) is 9.72. The number of hydrogen-bond donors (Lipinski definition) is 2. The molecule has 3 rings (SSSR count). The minimum absolute atomic E-state index is 0.127. The zero-order chi connectivity index (χ0) is 13.9. The van der Waals surface area contributed by atoms with Gasteiger partial charge in [0, 0.05) is 22.8 Å². The molecule has 0 saturated heterocycles. The zero-order valence-electron chi connectivity index (χ0n) is 10.6. The van der Waals surface area contributed by atoms with Gasteiger partial charge in [0.15, 0.2) is 0 Å². The third kappa shape index (κ3) is 2.57. The van der Waals surface area contributed by atoms with Gasteiger partial charge in [-0.15, -0.1) is 16.4 Å². The third-order valence-electron chi connectivity index (χ3n) is 2.60. The summed E-state index contributed by atoms with van der Waals surface area (Å²) in [6.07, 6.45) is 1.75. The lowest BCUT2D eigenvalue weighted by molar-refractivity contribution is 0.101. The number of thiazole rings is 1. The van der Waals surface area contributed by atoms with Crippen LogP contribution in [-0.4, -0.2) is 26.1 Å². The monoisotopic (exact) mass is 285 g/mol. The maximum atomic E-state index is 12.0. The molecule has 6 nitrogen and oxygen atoms in total. The predicted octanol–water partition coefficient (Wildman–Crippen LogP) is 2.49. The minimum atomic E-state index is -0.342. The van der Waals surface area contributed by atoms with Crippen molar-refractivity contribution in [2.24, 2.45) is 0 Å². The average Bonchev–Trinajstić information content (AvgIpc) is 3.10. The van der Waals surface area contributed by atoms with Crippen molar-refractivity contribution in [1.82, 2.24) is 20.2 Å². The summed E-state index contributed by atoms with van der Waals surface area (Å²) in [6, 6.07) is 7.51. The number of rotatable bonds is 3. The fourth-order valence-corrected chi connectivity index (χ4v) is 2.36. The lowest BCUT2D eigenvalue weighted by Gasteiger charge is -2.04. The summed E-state index contributed by atoms with van der Waals surface area (Å²) < 4.78 is 0. The van der Waals surface area contributed by atoms with Gasteiger partial charge in [0.1, 0.15) is 10.8 Å². The standard InChI is InChI=1S/C13H11N5OS/c1-8-15-11(18-17-8)12(19)16-10-4-2-3-9(7-10)13-14-5-6-20-13/h2-7H,1H3,(H,16,19)(H,15,17,18). The van der Waals surface area contributed by atoms with Crippen LogP contribution in [-0.2, 0) is 0 Å². The van der Waals surface area contributed by atoms with Gasteiger partial charge in [-0.3, -0.25) is 9.89 Å². The molecule has 0 atom stereocenters. The van der Waals surface area contributed by atoms with Gasteiger partial charge in [-0.1, -0.05) is 12.1 Å². The Bertz CT molecular complexity index is 735. The van der Waals surface area contributed by atoms with E-state index in [9.17, 15) is 4.79 Å². The molecule has 0 aliphatic heterocycles. The molecule has 100 valence electrons. The van der Waals surface area contributed by atoms with E-state index in [1.54, 1.807) is 24.5 Å². The normalized spacial score (nSPS) is 10.4. The molecule has 0 radical (unpaired) electrons. The van der Waals surface area contributed by atoms with Crippen molar-refractivity contribution in [3.05, 3.63) is 47.5 Å². The molecule has 0 fully saturated rings. The summed E-state index contributed by atoms with van der Waals surface area (Å²) in [4.78, 5) is 20.2. The molecule has 1 aromatic carbocycles. The highest BCUT2D eigenvalue weighted by molar-refractivity contribution is 7.13. The fraction of sp³-hybridized carbons (Fsp3) is 0.0769. The van der Waals surface area contributed by atoms with E-state index in [0.717, 1.165) is 10.6 Å². The van der Waals surface area contributed by atoms with E-state index >= 15 is 0 Å². The number of nitrogens with zero attached hydrogens (tertiary/aromatic N) is 3. The Morgan fingerprint density at radius 3 is 3.00 bits per heavy atom. The minimum Gasteiger partial charge on any atom is -0.319 e. The van der Waals surface area contributed by atoms with Crippen molar-refractivity contribution in [1.29, 1.82) is 0 Å². The van der Waals surface area contributed by atoms with E-state index < -0.39 is 0 Å². The first-order valence-corrected chi connectivity index (χ1v) is 6.80. The molecular formula is C13H11N5OS. The van der Waals surface area contributed by atoms with Crippen LogP contribution in [0.15, 0.2) is 35.8 Å². The number of benzene rings is 1. The second-order valence-corrected chi connectivity index (χ2v) is 5.01. The Morgan fingerprint density at radius 1 is 1.40 bits per heavy atom. The van der Waals surface area contributed by atoms with Gasteiger partial charge in [-0.05, 0) is 19.1 Å². The largest absolute Gasteiger partial charge is 0.319 e. The summed E-state index contributed by atoms with van der Waals surface area (Å²) in [5.74, 6) is 0.388. The zero-order valence-corrected chi connectivity index (χ0v) is 11.4. The number of H-pyrrole nitrogens is 1. The molecule has 0 aliphatic carbocycles. The van der Waals surface area contributed by atoms with Crippen molar-refractivity contribution in [2.75, 3.05) is 5.32 Å². The maximum Gasteiger partial charge on any atom is 0.295 e. The summed E-state index contributed by atoms with van der Waals surface area (Å²) in [5.41, 5.74) is 1.65. The highest BCUT2D eigenvalue weighted by Crippen LogP contribution is 2.24. The molecule has 1 amide bonds. The van der Waals surface area contributed by atoms with Crippen LogP contribution in [0, 0.1) is 6.92 Å². The van der Waals surface area contributed by atoms with Gasteiger partial charge in [0.25, 0.3) is 5.91 Å². The van der Waals surface area contributed by atoms with Crippen molar-refractivity contribution in [3.63, 3.8) is 0 Å². The molecule has 7 heteroatoms. The molecule has 2 heterocycles. The second kappa shape index (κ2) is 5.22. The summed E-state index contributed by atoms with van der Waals surface area (Å²) in [7, 11) is 0. The molecule has 3 aromatic rings. The number of aromatic amines is 1. The quantitative estimate of drug-likeness (QED) is 0.774. The van der Waals surface area contributed by atoms with Crippen molar-refractivity contribution in [2.45, 2.75) is 6.92 Å². The number of aryl methyl sites for hydroxylation is 1. The molecular weight excluding hydrogens is 274 g/mol. The first-order valence-electron chi connectivity index (χ1n) is 5.92. The van der Waals surface area contributed by atoms with E-state index in [0.29, 0.717) is 11.5 Å². The number of anilines is 1. The molecule has 2 aromatic heterocycles. The van der Waals surface area contributed by atoms with Crippen LogP contribution >= 0.6 is 11.3 Å². The van der Waals surface area contributed by atoms with Crippen molar-refractivity contribution >= 4 is 22.9 Å². The van der Waals surface area contributed by atoms with Gasteiger partial charge in [0.05, 0.1) is 0 Å². The van der Waals surface area contributed by atoms with Crippen LogP contribution in [0.4, 0.5) is 5.69 Å². The van der Waals surface area contributed by atoms with Crippen LogP contribution in [0.25, 0.3) is 10.6 Å². The highest BCUT2D eigenvalue weighted by Gasteiger charge is 2.11. The highest BCUT2D eigenvalue weighted by atomic mass is 32.1. The van der Waals surface area contributed by atoms with E-state index in [1.165, 1.54) is 0 Å². The van der Waals surface area contributed by atoms with Gasteiger partial charge in [0.2, 0.25) is 5.82 Å². The molecule has 0 aliphatic rings. The third-order valence-corrected chi connectivity index (χ3v) is 3.42. The van der Waals surface area contributed by atoms with Crippen LogP contribution in [0.5, 0.6) is 0 Å². The van der Waals surface area contributed by atoms with Gasteiger partial charge < -0.3 is 5.32 Å². The number of carbonyl (C=O) groups excluding carboxylic acids is 1. The number of nitrogens with one attached hydrogen (secondary N) is 2. The number of hydrogen-bond acceptors (Lipinski definition) is 5. The molecule has 0 spiro atoms. The number of carbonyl (C=O) groups is 1. The van der Waals surface area contributed by atoms with E-state index in [4.69, 9.17) is 0 Å². The average molecular weight is 285 g/mol. The number of aromatic nitrogens is 4. The van der Waals surface area contributed by atoms with Crippen molar-refractivity contribution < 1.29 is 4.79 Å². The van der Waals surface area contributed by atoms with Crippen LogP contribution in [0.1, 0.15) is 16.4 Å². The topological polar surface area (TPSA) is 83.6 Å². The number of amides is 1. The second-order valence-electron chi connectivity index (χ2n) is 4.12. The van der Waals surface area contributed by atoms with Gasteiger partial charge >= 0.3 is 0 Å². The van der Waals surface area contributed by atoms with Crippen molar-refractivity contribution in [3.8, 4) is 10.6 Å². The lowest BCUT2D eigenvalue weighted by atomic mass is 10.2. The van der Waals surface area contributed by atoms with Gasteiger partial charge in [-0.25, -0.2) is 9.97 Å². The smallest absolute Gasteiger partial charge is 0.295 e. The lowest BCUT2D eigenvalue weighted by Crippen LogP contribution is -2.13. The Hall–Kier alpha value is -2.54. The molecule has 20 heavy (non-hydrogen) atoms. The SMILES string of the molecule is Cc1nc(C(=O)Nc2cccc(-c3nccs3)c2)n[nH]1. The summed E-state index contributed by atoms with van der Waals surface area (Å²) in [5, 5.41) is 12.1. The van der Waals surface area contributed by atoms with Crippen LogP contribution in [0.3, 0.4) is 0 Å². The van der Waals surface area contributed by atoms with E-state index in [2.05, 4.69) is 25.5 Å². The Balaban J connectivity index is 1.81. The van der Waals surface area contributed by atoms with Crippen LogP contribution < -0.4 is 5.32 Å². The van der Waals surface area contributed by atoms with E-state index in [-0.39, 0.29) is 11.7 Å². The molecule has 0 unspecified atom stereocenters. The summed E-state index contributed by atoms with van der Waals surface area (Å²) >= 11 is 1.55. The Labute approximate surface area is 118 Å². The maximum absolute atomic E-state index is 12.0. The fourth-order valence-electron chi connectivity index (χ4n) is 1.73. The molecule has 0 bridgehead atoms. The Kier molecular flexibility index (Phi) is 3.26. The van der Waals surface area contributed by atoms with Crippen LogP contribution in [0.2, 0.25) is 0 Å². The molecule has 0 saturated carbocycles. The summed E-state index contributed by atoms with van der Waals surface area (Å²) in [6.45, 7) is 1.74. The Morgan fingerprint density at radius 2 is 2.30 bits per heavy atom. The first kappa shape index (κ1) is 12.5. The molecule has 2 N–H and O–H groups in total. The van der Waals surface area contributed by atoms with E-state index in [1.807, 2.05) is 29.6 Å². The predicted molar refractivity (Wildman–Crippen MR) is 76.6 cm³/mol.